The van der Waals surface area contributed by atoms with Gasteiger partial charge in [0, 0.05) is 13.1 Å². The number of rotatable bonds is 5. The molecule has 1 aromatic carbocycles. The summed E-state index contributed by atoms with van der Waals surface area (Å²) in [5, 5.41) is 3.59. The Hall–Kier alpha value is -0.820. The molecule has 0 saturated carbocycles. The standard InChI is InChI=1S/C16H27N/c1-6-14(11-17-12-16(3,4)5)15-9-7-13(2)8-10-15/h7-10,14,17H,6,11-12H2,1-5H3. The van der Waals surface area contributed by atoms with Gasteiger partial charge in [-0.25, -0.2) is 0 Å². The summed E-state index contributed by atoms with van der Waals surface area (Å²) >= 11 is 0. The molecule has 0 aliphatic carbocycles. The van der Waals surface area contributed by atoms with Gasteiger partial charge in [0.15, 0.2) is 0 Å². The maximum absolute atomic E-state index is 3.59. The molecule has 0 fully saturated rings. The molecule has 1 atom stereocenters. The van der Waals surface area contributed by atoms with Crippen LogP contribution < -0.4 is 5.32 Å². The third-order valence-electron chi connectivity index (χ3n) is 3.09. The van der Waals surface area contributed by atoms with Crippen molar-refractivity contribution in [2.45, 2.75) is 47.0 Å². The van der Waals surface area contributed by atoms with Crippen molar-refractivity contribution in [1.82, 2.24) is 5.32 Å². The minimum atomic E-state index is 0.367. The van der Waals surface area contributed by atoms with Crippen molar-refractivity contribution in [3.05, 3.63) is 35.4 Å². The van der Waals surface area contributed by atoms with Gasteiger partial charge in [-0.3, -0.25) is 0 Å². The first kappa shape index (κ1) is 14.2. The Labute approximate surface area is 107 Å². The molecule has 0 amide bonds. The molecule has 17 heavy (non-hydrogen) atoms. The molecule has 96 valence electrons. The van der Waals surface area contributed by atoms with Crippen LogP contribution in [0.15, 0.2) is 24.3 Å². The maximum atomic E-state index is 3.59. The zero-order valence-corrected chi connectivity index (χ0v) is 12.0. The van der Waals surface area contributed by atoms with Crippen LogP contribution in [0.25, 0.3) is 0 Å². The lowest BCUT2D eigenvalue weighted by Crippen LogP contribution is -2.30. The summed E-state index contributed by atoms with van der Waals surface area (Å²) < 4.78 is 0. The van der Waals surface area contributed by atoms with Crippen LogP contribution in [0.4, 0.5) is 0 Å². The Morgan fingerprint density at radius 2 is 1.71 bits per heavy atom. The molecule has 0 bridgehead atoms. The quantitative estimate of drug-likeness (QED) is 0.806. The molecule has 1 aromatic rings. The van der Waals surface area contributed by atoms with Gasteiger partial charge in [0.25, 0.3) is 0 Å². The van der Waals surface area contributed by atoms with E-state index in [0.29, 0.717) is 11.3 Å². The van der Waals surface area contributed by atoms with Gasteiger partial charge in [0.05, 0.1) is 0 Å². The third kappa shape index (κ3) is 5.36. The van der Waals surface area contributed by atoms with E-state index in [-0.39, 0.29) is 0 Å². The SMILES string of the molecule is CCC(CNCC(C)(C)C)c1ccc(C)cc1. The van der Waals surface area contributed by atoms with Gasteiger partial charge in [-0.15, -0.1) is 0 Å². The van der Waals surface area contributed by atoms with Gasteiger partial charge in [-0.1, -0.05) is 57.5 Å². The predicted molar refractivity (Wildman–Crippen MR) is 76.5 cm³/mol. The summed E-state index contributed by atoms with van der Waals surface area (Å²) in [5.41, 5.74) is 3.16. The minimum Gasteiger partial charge on any atom is -0.316 e. The van der Waals surface area contributed by atoms with Gasteiger partial charge >= 0.3 is 0 Å². The fourth-order valence-corrected chi connectivity index (χ4v) is 1.96. The van der Waals surface area contributed by atoms with Crippen molar-refractivity contribution in [3.63, 3.8) is 0 Å². The number of hydrogen-bond acceptors (Lipinski definition) is 1. The molecule has 0 heterocycles. The van der Waals surface area contributed by atoms with Crippen LogP contribution in [0.2, 0.25) is 0 Å². The summed E-state index contributed by atoms with van der Waals surface area (Å²) in [5.74, 6) is 0.637. The van der Waals surface area contributed by atoms with Gasteiger partial charge in [0.1, 0.15) is 0 Å². The molecule has 1 heteroatoms. The van der Waals surface area contributed by atoms with Crippen LogP contribution in [0.3, 0.4) is 0 Å². The summed E-state index contributed by atoms with van der Waals surface area (Å²) in [6.07, 6.45) is 1.19. The van der Waals surface area contributed by atoms with Crippen LogP contribution in [0.5, 0.6) is 0 Å². The number of benzene rings is 1. The number of nitrogens with one attached hydrogen (secondary N) is 1. The molecular formula is C16H27N. The molecule has 0 aliphatic rings. The molecule has 1 nitrogen and oxygen atoms in total. The molecule has 0 radical (unpaired) electrons. The normalized spacial score (nSPS) is 13.7. The Balaban J connectivity index is 2.51. The zero-order chi connectivity index (χ0) is 12.9. The van der Waals surface area contributed by atoms with E-state index in [1.54, 1.807) is 0 Å². The molecule has 0 aromatic heterocycles. The first-order valence-electron chi connectivity index (χ1n) is 6.69. The third-order valence-corrected chi connectivity index (χ3v) is 3.09. The van der Waals surface area contributed by atoms with Gasteiger partial charge in [-0.2, -0.15) is 0 Å². The van der Waals surface area contributed by atoms with Crippen LogP contribution in [-0.2, 0) is 0 Å². The summed E-state index contributed by atoms with van der Waals surface area (Å²) in [6, 6.07) is 8.95. The maximum Gasteiger partial charge on any atom is 0.00202 e. The summed E-state index contributed by atoms with van der Waals surface area (Å²) in [4.78, 5) is 0. The van der Waals surface area contributed by atoms with Crippen LogP contribution in [0.1, 0.15) is 51.2 Å². The molecule has 0 spiro atoms. The van der Waals surface area contributed by atoms with Crippen molar-refractivity contribution in [3.8, 4) is 0 Å². The number of hydrogen-bond donors (Lipinski definition) is 1. The first-order valence-corrected chi connectivity index (χ1v) is 6.69. The molecular weight excluding hydrogens is 206 g/mol. The molecule has 1 rings (SSSR count). The lowest BCUT2D eigenvalue weighted by Gasteiger charge is -2.22. The van der Waals surface area contributed by atoms with Gasteiger partial charge < -0.3 is 5.32 Å². The molecule has 0 saturated heterocycles. The Bertz CT molecular complexity index is 318. The van der Waals surface area contributed by atoms with E-state index in [1.807, 2.05) is 0 Å². The first-order chi connectivity index (χ1) is 7.92. The average molecular weight is 233 g/mol. The topological polar surface area (TPSA) is 12.0 Å². The molecule has 1 unspecified atom stereocenters. The molecule has 1 N–H and O–H groups in total. The van der Waals surface area contributed by atoms with Crippen molar-refractivity contribution < 1.29 is 0 Å². The molecule has 0 aliphatic heterocycles. The monoisotopic (exact) mass is 233 g/mol. The lowest BCUT2D eigenvalue weighted by atomic mass is 9.93. The zero-order valence-electron chi connectivity index (χ0n) is 12.0. The predicted octanol–water partition coefficient (Wildman–Crippen LogP) is 4.12. The lowest BCUT2D eigenvalue weighted by molar-refractivity contribution is 0.372. The van der Waals surface area contributed by atoms with E-state index in [4.69, 9.17) is 0 Å². The van der Waals surface area contributed by atoms with E-state index in [0.717, 1.165) is 13.1 Å². The Morgan fingerprint density at radius 3 is 2.18 bits per heavy atom. The fourth-order valence-electron chi connectivity index (χ4n) is 1.96. The van der Waals surface area contributed by atoms with E-state index < -0.39 is 0 Å². The van der Waals surface area contributed by atoms with Gasteiger partial charge in [0.2, 0.25) is 0 Å². The highest BCUT2D eigenvalue weighted by Crippen LogP contribution is 2.19. The largest absolute Gasteiger partial charge is 0.316 e. The second kappa shape index (κ2) is 6.20. The van der Waals surface area contributed by atoms with E-state index in [1.165, 1.54) is 17.5 Å². The van der Waals surface area contributed by atoms with Crippen molar-refractivity contribution >= 4 is 0 Å². The van der Waals surface area contributed by atoms with Crippen LogP contribution in [0, 0.1) is 12.3 Å². The van der Waals surface area contributed by atoms with E-state index >= 15 is 0 Å². The smallest absolute Gasteiger partial charge is 0.00202 e. The second-order valence-corrected chi connectivity index (χ2v) is 6.21. The highest BCUT2D eigenvalue weighted by molar-refractivity contribution is 5.24. The number of aryl methyl sites for hydroxylation is 1. The van der Waals surface area contributed by atoms with Crippen molar-refractivity contribution in [1.29, 1.82) is 0 Å². The summed E-state index contributed by atoms with van der Waals surface area (Å²) in [7, 11) is 0. The highest BCUT2D eigenvalue weighted by atomic mass is 14.9. The van der Waals surface area contributed by atoms with Crippen LogP contribution in [-0.4, -0.2) is 13.1 Å². The fraction of sp³-hybridized carbons (Fsp3) is 0.625. The minimum absolute atomic E-state index is 0.367. The van der Waals surface area contributed by atoms with Crippen LogP contribution >= 0.6 is 0 Å². The highest BCUT2D eigenvalue weighted by Gasteiger charge is 2.12. The van der Waals surface area contributed by atoms with E-state index in [2.05, 4.69) is 64.2 Å². The Kier molecular flexibility index (Phi) is 5.20. The Morgan fingerprint density at radius 1 is 1.12 bits per heavy atom. The average Bonchev–Trinajstić information content (AvgIpc) is 2.24. The second-order valence-electron chi connectivity index (χ2n) is 6.21. The van der Waals surface area contributed by atoms with Gasteiger partial charge in [-0.05, 0) is 30.2 Å². The van der Waals surface area contributed by atoms with Crippen molar-refractivity contribution in [2.24, 2.45) is 5.41 Å². The van der Waals surface area contributed by atoms with Crippen molar-refractivity contribution in [2.75, 3.05) is 13.1 Å². The van der Waals surface area contributed by atoms with E-state index in [9.17, 15) is 0 Å². The summed E-state index contributed by atoms with van der Waals surface area (Å²) in [6.45, 7) is 13.4.